The van der Waals surface area contributed by atoms with Crippen molar-refractivity contribution in [3.8, 4) is 0 Å². The summed E-state index contributed by atoms with van der Waals surface area (Å²) in [6.45, 7) is 4.40. The summed E-state index contributed by atoms with van der Waals surface area (Å²) in [5.41, 5.74) is 0. The lowest BCUT2D eigenvalue weighted by Crippen LogP contribution is -2.39. The van der Waals surface area contributed by atoms with E-state index >= 15 is 0 Å². The van der Waals surface area contributed by atoms with Crippen molar-refractivity contribution in [1.29, 1.82) is 0 Å². The van der Waals surface area contributed by atoms with Crippen LogP contribution < -0.4 is 15.5 Å². The zero-order valence-corrected chi connectivity index (χ0v) is 11.4. The number of hydrogen-bond donors (Lipinski definition) is 2. The molecule has 5 heteroatoms. The highest BCUT2D eigenvalue weighted by molar-refractivity contribution is 5.43. The molecule has 0 saturated carbocycles. The SMILES string of the molecule is c1cc(N2CCCCC2)nc(NC2CCCNC2)n1. The number of anilines is 2. The molecule has 0 radical (unpaired) electrons. The Balaban J connectivity index is 1.64. The predicted octanol–water partition coefficient (Wildman–Crippen LogP) is 1.63. The number of piperidine rings is 2. The van der Waals surface area contributed by atoms with Crippen LogP contribution in [0.3, 0.4) is 0 Å². The van der Waals surface area contributed by atoms with Crippen LogP contribution in [0.4, 0.5) is 11.8 Å². The highest BCUT2D eigenvalue weighted by Crippen LogP contribution is 2.18. The largest absolute Gasteiger partial charge is 0.356 e. The Hall–Kier alpha value is -1.36. The van der Waals surface area contributed by atoms with Crippen LogP contribution in [0, 0.1) is 0 Å². The van der Waals surface area contributed by atoms with Crippen LogP contribution in [-0.4, -0.2) is 42.2 Å². The van der Waals surface area contributed by atoms with E-state index < -0.39 is 0 Å². The van der Waals surface area contributed by atoms with E-state index in [2.05, 4.69) is 25.5 Å². The van der Waals surface area contributed by atoms with Gasteiger partial charge >= 0.3 is 0 Å². The van der Waals surface area contributed by atoms with Crippen LogP contribution in [0.5, 0.6) is 0 Å². The first-order valence-corrected chi connectivity index (χ1v) is 7.47. The van der Waals surface area contributed by atoms with Gasteiger partial charge in [0.25, 0.3) is 0 Å². The van der Waals surface area contributed by atoms with Gasteiger partial charge in [-0.25, -0.2) is 4.98 Å². The quantitative estimate of drug-likeness (QED) is 0.866. The molecule has 3 rings (SSSR count). The Morgan fingerprint density at radius 2 is 2.11 bits per heavy atom. The fraction of sp³-hybridized carbons (Fsp3) is 0.714. The molecule has 0 aliphatic carbocycles. The smallest absolute Gasteiger partial charge is 0.224 e. The van der Waals surface area contributed by atoms with Crippen LogP contribution in [0.1, 0.15) is 32.1 Å². The van der Waals surface area contributed by atoms with Gasteiger partial charge < -0.3 is 15.5 Å². The fourth-order valence-corrected chi connectivity index (χ4v) is 2.88. The molecule has 0 bridgehead atoms. The third-order valence-corrected chi connectivity index (χ3v) is 3.95. The first-order valence-electron chi connectivity index (χ1n) is 7.47. The van der Waals surface area contributed by atoms with E-state index in [-0.39, 0.29) is 0 Å². The second kappa shape index (κ2) is 6.19. The van der Waals surface area contributed by atoms with Crippen LogP contribution in [0.2, 0.25) is 0 Å². The van der Waals surface area contributed by atoms with Gasteiger partial charge in [0.2, 0.25) is 5.95 Å². The van der Waals surface area contributed by atoms with Gasteiger partial charge in [-0.2, -0.15) is 4.98 Å². The van der Waals surface area contributed by atoms with Gasteiger partial charge in [0.15, 0.2) is 0 Å². The summed E-state index contributed by atoms with van der Waals surface area (Å²) in [5.74, 6) is 1.85. The second-order valence-electron chi connectivity index (χ2n) is 5.47. The average Bonchev–Trinajstić information content (AvgIpc) is 2.49. The molecule has 3 heterocycles. The Kier molecular flexibility index (Phi) is 4.13. The molecule has 0 spiro atoms. The Morgan fingerprint density at radius 3 is 2.89 bits per heavy atom. The molecule has 104 valence electrons. The molecular formula is C14H23N5. The van der Waals surface area contributed by atoms with Gasteiger partial charge in [0, 0.05) is 31.9 Å². The van der Waals surface area contributed by atoms with E-state index in [0.29, 0.717) is 6.04 Å². The molecule has 1 aromatic rings. The normalized spacial score (nSPS) is 24.2. The summed E-state index contributed by atoms with van der Waals surface area (Å²) in [4.78, 5) is 11.4. The summed E-state index contributed by atoms with van der Waals surface area (Å²) in [6, 6.07) is 2.49. The van der Waals surface area contributed by atoms with Crippen molar-refractivity contribution in [2.45, 2.75) is 38.1 Å². The Morgan fingerprint density at radius 1 is 1.21 bits per heavy atom. The molecule has 1 atom stereocenters. The predicted molar refractivity (Wildman–Crippen MR) is 77.6 cm³/mol. The maximum Gasteiger partial charge on any atom is 0.224 e. The molecule has 2 N–H and O–H groups in total. The lowest BCUT2D eigenvalue weighted by atomic mass is 10.1. The lowest BCUT2D eigenvalue weighted by Gasteiger charge is -2.28. The third kappa shape index (κ3) is 3.35. The van der Waals surface area contributed by atoms with E-state index in [0.717, 1.165) is 37.9 Å². The van der Waals surface area contributed by atoms with Crippen LogP contribution >= 0.6 is 0 Å². The van der Waals surface area contributed by atoms with Gasteiger partial charge in [0.1, 0.15) is 5.82 Å². The van der Waals surface area contributed by atoms with Gasteiger partial charge in [-0.15, -0.1) is 0 Å². The minimum atomic E-state index is 0.463. The Bertz CT molecular complexity index is 397. The first-order chi connectivity index (χ1) is 9.42. The van der Waals surface area contributed by atoms with Crippen molar-refractivity contribution in [2.24, 2.45) is 0 Å². The number of aromatic nitrogens is 2. The molecule has 1 unspecified atom stereocenters. The van der Waals surface area contributed by atoms with Gasteiger partial charge in [-0.05, 0) is 44.7 Å². The van der Waals surface area contributed by atoms with Crippen LogP contribution in [0.15, 0.2) is 12.3 Å². The third-order valence-electron chi connectivity index (χ3n) is 3.95. The van der Waals surface area contributed by atoms with Crippen molar-refractivity contribution < 1.29 is 0 Å². The van der Waals surface area contributed by atoms with E-state index in [1.54, 1.807) is 0 Å². The number of nitrogens with one attached hydrogen (secondary N) is 2. The average molecular weight is 261 g/mol. The maximum atomic E-state index is 4.67. The Labute approximate surface area is 114 Å². The van der Waals surface area contributed by atoms with E-state index in [1.165, 1.54) is 32.1 Å². The molecule has 1 aromatic heterocycles. The van der Waals surface area contributed by atoms with Gasteiger partial charge in [-0.1, -0.05) is 0 Å². The van der Waals surface area contributed by atoms with E-state index in [9.17, 15) is 0 Å². The minimum absolute atomic E-state index is 0.463. The molecular weight excluding hydrogens is 238 g/mol. The molecule has 0 amide bonds. The number of nitrogens with zero attached hydrogens (tertiary/aromatic N) is 3. The van der Waals surface area contributed by atoms with Crippen LogP contribution in [0.25, 0.3) is 0 Å². The van der Waals surface area contributed by atoms with E-state index in [4.69, 9.17) is 0 Å². The maximum absolute atomic E-state index is 4.67. The van der Waals surface area contributed by atoms with Crippen molar-refractivity contribution in [3.63, 3.8) is 0 Å². The molecule has 2 fully saturated rings. The lowest BCUT2D eigenvalue weighted by molar-refractivity contribution is 0.478. The number of rotatable bonds is 3. The zero-order chi connectivity index (χ0) is 12.9. The highest BCUT2D eigenvalue weighted by Gasteiger charge is 2.16. The van der Waals surface area contributed by atoms with Crippen LogP contribution in [-0.2, 0) is 0 Å². The van der Waals surface area contributed by atoms with Gasteiger partial charge in [0.05, 0.1) is 0 Å². The first kappa shape index (κ1) is 12.7. The highest BCUT2D eigenvalue weighted by atomic mass is 15.2. The molecule has 5 nitrogen and oxygen atoms in total. The summed E-state index contributed by atoms with van der Waals surface area (Å²) >= 11 is 0. The minimum Gasteiger partial charge on any atom is -0.356 e. The summed E-state index contributed by atoms with van der Waals surface area (Å²) in [6.07, 6.45) is 8.20. The van der Waals surface area contributed by atoms with Crippen molar-refractivity contribution >= 4 is 11.8 Å². The summed E-state index contributed by atoms with van der Waals surface area (Å²) in [7, 11) is 0. The van der Waals surface area contributed by atoms with Crippen molar-refractivity contribution in [2.75, 3.05) is 36.4 Å². The second-order valence-corrected chi connectivity index (χ2v) is 5.47. The molecule has 19 heavy (non-hydrogen) atoms. The fourth-order valence-electron chi connectivity index (χ4n) is 2.88. The van der Waals surface area contributed by atoms with E-state index in [1.807, 2.05) is 12.3 Å². The van der Waals surface area contributed by atoms with Crippen molar-refractivity contribution in [3.05, 3.63) is 12.3 Å². The summed E-state index contributed by atoms with van der Waals surface area (Å²) < 4.78 is 0. The standard InChI is InChI=1S/C14H23N5/c1-2-9-19(10-3-1)13-6-8-16-14(18-13)17-12-5-4-7-15-11-12/h6,8,12,15H,1-5,7,9-11H2,(H,16,17,18). The monoisotopic (exact) mass is 261 g/mol. The van der Waals surface area contributed by atoms with Crippen molar-refractivity contribution in [1.82, 2.24) is 15.3 Å². The summed E-state index contributed by atoms with van der Waals surface area (Å²) in [5, 5.41) is 6.85. The topological polar surface area (TPSA) is 53.1 Å². The molecule has 0 aromatic carbocycles. The number of hydrogen-bond acceptors (Lipinski definition) is 5. The van der Waals surface area contributed by atoms with Gasteiger partial charge in [-0.3, -0.25) is 0 Å². The molecule has 2 saturated heterocycles. The molecule has 2 aliphatic rings. The zero-order valence-electron chi connectivity index (χ0n) is 11.4. The molecule has 2 aliphatic heterocycles.